The topological polar surface area (TPSA) is 35.5 Å². The Labute approximate surface area is 106 Å². The fourth-order valence-corrected chi connectivity index (χ4v) is 2.30. The van der Waals surface area contributed by atoms with E-state index in [1.807, 2.05) is 0 Å². The maximum Gasteiger partial charge on any atom is 0.198 e. The van der Waals surface area contributed by atoms with Gasteiger partial charge in [0.1, 0.15) is 11.4 Å². The van der Waals surface area contributed by atoms with Gasteiger partial charge in [0.15, 0.2) is 5.78 Å². The molecule has 1 aliphatic rings. The van der Waals surface area contributed by atoms with Crippen LogP contribution in [0, 0.1) is 0 Å². The Morgan fingerprint density at radius 3 is 2.53 bits per heavy atom. The average Bonchev–Trinajstić information content (AvgIpc) is 2.28. The molecule has 0 radical (unpaired) electrons. The highest BCUT2D eigenvalue weighted by atomic mass is 35.5. The largest absolute Gasteiger partial charge is 0.496 e. The third-order valence-electron chi connectivity index (χ3n) is 3.37. The van der Waals surface area contributed by atoms with Gasteiger partial charge in [-0.3, -0.25) is 4.79 Å². The Morgan fingerprint density at radius 2 is 2.06 bits per heavy atom. The van der Waals surface area contributed by atoms with Gasteiger partial charge in [-0.15, -0.1) is 0 Å². The monoisotopic (exact) mass is 254 g/mol. The first-order valence-electron chi connectivity index (χ1n) is 5.56. The van der Waals surface area contributed by atoms with Crippen LogP contribution in [0.15, 0.2) is 18.2 Å². The van der Waals surface area contributed by atoms with Crippen LogP contribution in [-0.4, -0.2) is 25.6 Å². The molecule has 2 rings (SSSR count). The van der Waals surface area contributed by atoms with Crippen molar-refractivity contribution in [1.29, 1.82) is 0 Å². The number of hydrogen-bond acceptors (Lipinski definition) is 3. The fraction of sp³-hybridized carbons (Fsp3) is 0.462. The first-order chi connectivity index (χ1) is 8.13. The van der Waals surface area contributed by atoms with E-state index in [2.05, 4.69) is 0 Å². The van der Waals surface area contributed by atoms with E-state index in [0.717, 1.165) is 19.3 Å². The summed E-state index contributed by atoms with van der Waals surface area (Å²) in [5, 5.41) is 0.528. The summed E-state index contributed by atoms with van der Waals surface area (Å²) in [4.78, 5) is 12.4. The minimum absolute atomic E-state index is 0.0365. The minimum atomic E-state index is -0.669. The third-order valence-corrected chi connectivity index (χ3v) is 3.61. The van der Waals surface area contributed by atoms with Crippen molar-refractivity contribution < 1.29 is 14.3 Å². The molecule has 4 heteroatoms. The summed E-state index contributed by atoms with van der Waals surface area (Å²) in [6, 6.07) is 5.05. The summed E-state index contributed by atoms with van der Waals surface area (Å²) >= 11 is 5.92. The van der Waals surface area contributed by atoms with Crippen LogP contribution in [0.5, 0.6) is 5.75 Å². The van der Waals surface area contributed by atoms with Crippen LogP contribution in [0.1, 0.15) is 29.6 Å². The minimum Gasteiger partial charge on any atom is -0.496 e. The van der Waals surface area contributed by atoms with Gasteiger partial charge < -0.3 is 9.47 Å². The first kappa shape index (κ1) is 12.4. The van der Waals surface area contributed by atoms with Crippen molar-refractivity contribution in [2.24, 2.45) is 0 Å². The van der Waals surface area contributed by atoms with E-state index in [9.17, 15) is 4.79 Å². The highest BCUT2D eigenvalue weighted by Crippen LogP contribution is 2.40. The molecule has 17 heavy (non-hydrogen) atoms. The Balaban J connectivity index is 2.39. The van der Waals surface area contributed by atoms with Gasteiger partial charge in [-0.2, -0.15) is 0 Å². The Kier molecular flexibility index (Phi) is 3.40. The molecule has 0 unspecified atom stereocenters. The number of methoxy groups -OCH3 is 2. The van der Waals surface area contributed by atoms with E-state index in [1.54, 1.807) is 32.4 Å². The van der Waals surface area contributed by atoms with Crippen molar-refractivity contribution >= 4 is 17.4 Å². The van der Waals surface area contributed by atoms with Gasteiger partial charge >= 0.3 is 0 Å². The van der Waals surface area contributed by atoms with E-state index < -0.39 is 5.60 Å². The van der Waals surface area contributed by atoms with Crippen LogP contribution in [-0.2, 0) is 4.74 Å². The van der Waals surface area contributed by atoms with Crippen LogP contribution < -0.4 is 4.74 Å². The lowest BCUT2D eigenvalue weighted by molar-refractivity contribution is -0.0449. The summed E-state index contributed by atoms with van der Waals surface area (Å²) in [6.45, 7) is 0. The smallest absolute Gasteiger partial charge is 0.198 e. The molecular formula is C13H15ClO3. The normalized spacial score (nSPS) is 17.4. The number of carbonyl (C=O) groups excluding carboxylic acids is 1. The molecule has 0 spiro atoms. The van der Waals surface area contributed by atoms with Crippen LogP contribution in [0.25, 0.3) is 0 Å². The van der Waals surface area contributed by atoms with Crippen molar-refractivity contribution in [2.75, 3.05) is 14.2 Å². The molecular weight excluding hydrogens is 240 g/mol. The third kappa shape index (κ3) is 2.05. The highest BCUT2D eigenvalue weighted by Gasteiger charge is 2.45. The predicted octanol–water partition coefficient (Wildman–Crippen LogP) is 3.10. The highest BCUT2D eigenvalue weighted by molar-refractivity contribution is 6.31. The molecule has 0 bridgehead atoms. The van der Waals surface area contributed by atoms with E-state index >= 15 is 0 Å². The number of rotatable bonds is 4. The first-order valence-corrected chi connectivity index (χ1v) is 5.94. The van der Waals surface area contributed by atoms with Crippen LogP contribution in [0.2, 0.25) is 5.02 Å². The zero-order chi connectivity index (χ0) is 12.5. The second kappa shape index (κ2) is 4.67. The number of ether oxygens (including phenoxy) is 2. The zero-order valence-electron chi connectivity index (χ0n) is 9.96. The summed E-state index contributed by atoms with van der Waals surface area (Å²) in [7, 11) is 3.12. The van der Waals surface area contributed by atoms with E-state index in [0.29, 0.717) is 16.3 Å². The fourth-order valence-electron chi connectivity index (χ4n) is 2.12. The molecule has 0 atom stereocenters. The van der Waals surface area contributed by atoms with Gasteiger partial charge in [0.05, 0.1) is 12.7 Å². The molecule has 1 saturated carbocycles. The summed E-state index contributed by atoms with van der Waals surface area (Å²) in [5.74, 6) is 0.508. The molecule has 92 valence electrons. The molecule has 0 heterocycles. The van der Waals surface area contributed by atoms with Crippen molar-refractivity contribution in [2.45, 2.75) is 24.9 Å². The van der Waals surface area contributed by atoms with Gasteiger partial charge in [0.2, 0.25) is 0 Å². The molecule has 0 aromatic heterocycles. The maximum atomic E-state index is 12.4. The average molecular weight is 255 g/mol. The Morgan fingerprint density at radius 1 is 1.35 bits per heavy atom. The van der Waals surface area contributed by atoms with Crippen LogP contribution in [0.3, 0.4) is 0 Å². The molecule has 0 saturated heterocycles. The lowest BCUT2D eigenvalue weighted by atomic mass is 9.74. The van der Waals surface area contributed by atoms with Crippen molar-refractivity contribution in [3.05, 3.63) is 28.8 Å². The number of halogens is 1. The maximum absolute atomic E-state index is 12.4. The molecule has 0 amide bonds. The Hall–Kier alpha value is -1.06. The van der Waals surface area contributed by atoms with Gasteiger partial charge in [-0.05, 0) is 37.5 Å². The summed E-state index contributed by atoms with van der Waals surface area (Å²) in [5.41, 5.74) is -0.167. The van der Waals surface area contributed by atoms with Gasteiger partial charge in [0.25, 0.3) is 0 Å². The molecule has 3 nitrogen and oxygen atoms in total. The number of benzene rings is 1. The molecule has 0 aliphatic heterocycles. The van der Waals surface area contributed by atoms with E-state index in [4.69, 9.17) is 21.1 Å². The quantitative estimate of drug-likeness (QED) is 0.775. The van der Waals surface area contributed by atoms with Gasteiger partial charge in [0, 0.05) is 12.1 Å². The lowest BCUT2D eigenvalue weighted by Crippen LogP contribution is -2.47. The number of hydrogen-bond donors (Lipinski definition) is 0. The molecule has 0 N–H and O–H groups in total. The summed E-state index contributed by atoms with van der Waals surface area (Å²) < 4.78 is 10.6. The van der Waals surface area contributed by atoms with Crippen molar-refractivity contribution in [3.8, 4) is 5.75 Å². The lowest BCUT2D eigenvalue weighted by Gasteiger charge is -2.39. The number of Topliss-reactive ketones (excluding diaryl/α,β-unsaturated/α-hetero) is 1. The van der Waals surface area contributed by atoms with Crippen LogP contribution in [0.4, 0.5) is 0 Å². The van der Waals surface area contributed by atoms with Gasteiger partial charge in [-0.1, -0.05) is 11.6 Å². The molecule has 1 aliphatic carbocycles. The van der Waals surface area contributed by atoms with Crippen molar-refractivity contribution in [1.82, 2.24) is 0 Å². The second-order valence-corrected chi connectivity index (χ2v) is 4.66. The number of carbonyl (C=O) groups is 1. The summed E-state index contributed by atoms with van der Waals surface area (Å²) in [6.07, 6.45) is 2.54. The SMILES string of the molecule is COc1ccc(Cl)cc1C(=O)C1(OC)CCC1. The Bertz CT molecular complexity index is 433. The zero-order valence-corrected chi connectivity index (χ0v) is 10.7. The molecule has 1 fully saturated rings. The van der Waals surface area contributed by atoms with Crippen molar-refractivity contribution in [3.63, 3.8) is 0 Å². The van der Waals surface area contributed by atoms with Gasteiger partial charge in [-0.25, -0.2) is 0 Å². The molecule has 1 aromatic rings. The standard InChI is InChI=1S/C13H15ClO3/c1-16-11-5-4-9(14)8-10(11)12(15)13(17-2)6-3-7-13/h4-5,8H,3,6-7H2,1-2H3. The molecule has 1 aromatic carbocycles. The van der Waals surface area contributed by atoms with E-state index in [1.165, 1.54) is 0 Å². The van der Waals surface area contributed by atoms with E-state index in [-0.39, 0.29) is 5.78 Å². The number of ketones is 1. The second-order valence-electron chi connectivity index (χ2n) is 4.23. The van der Waals surface area contributed by atoms with Crippen LogP contribution >= 0.6 is 11.6 Å². The predicted molar refractivity (Wildman–Crippen MR) is 65.9 cm³/mol.